The fourth-order valence-corrected chi connectivity index (χ4v) is 2.28. The molecule has 4 nitrogen and oxygen atoms in total. The van der Waals surface area contributed by atoms with Crippen LogP contribution >= 0.6 is 15.9 Å². The molecule has 0 saturated heterocycles. The number of esters is 1. The summed E-state index contributed by atoms with van der Waals surface area (Å²) in [6.07, 6.45) is 0. The SMILES string of the molecule is COC(=O)c1cc(=O)c2c(F)c(Br)cc(C)c2[nH]1. The molecule has 6 heteroatoms. The van der Waals surface area contributed by atoms with Gasteiger partial charge in [0.2, 0.25) is 0 Å². The van der Waals surface area contributed by atoms with Crippen molar-refractivity contribution >= 4 is 32.8 Å². The van der Waals surface area contributed by atoms with E-state index in [0.717, 1.165) is 6.07 Å². The van der Waals surface area contributed by atoms with Crippen molar-refractivity contribution in [2.75, 3.05) is 7.11 Å². The number of nitrogens with one attached hydrogen (secondary N) is 1. The van der Waals surface area contributed by atoms with Crippen molar-refractivity contribution in [2.45, 2.75) is 6.92 Å². The van der Waals surface area contributed by atoms with Crippen LogP contribution in [0.2, 0.25) is 0 Å². The number of hydrogen-bond donors (Lipinski definition) is 1. The third-order valence-corrected chi connectivity index (χ3v) is 3.18. The Morgan fingerprint density at radius 1 is 1.44 bits per heavy atom. The highest BCUT2D eigenvalue weighted by molar-refractivity contribution is 9.10. The number of aromatic amines is 1. The van der Waals surface area contributed by atoms with Crippen molar-refractivity contribution < 1.29 is 13.9 Å². The second kappa shape index (κ2) is 4.53. The summed E-state index contributed by atoms with van der Waals surface area (Å²) >= 11 is 3.04. The summed E-state index contributed by atoms with van der Waals surface area (Å²) in [5, 5.41) is -0.0745. The summed E-state index contributed by atoms with van der Waals surface area (Å²) in [5.74, 6) is -1.31. The molecule has 2 aromatic rings. The van der Waals surface area contributed by atoms with E-state index in [4.69, 9.17) is 0 Å². The van der Waals surface area contributed by atoms with Crippen molar-refractivity contribution in [2.24, 2.45) is 0 Å². The zero-order valence-corrected chi connectivity index (χ0v) is 11.2. The summed E-state index contributed by atoms with van der Waals surface area (Å²) in [7, 11) is 1.21. The van der Waals surface area contributed by atoms with Crippen molar-refractivity contribution in [3.8, 4) is 0 Å². The maximum atomic E-state index is 13.9. The van der Waals surface area contributed by atoms with Gasteiger partial charge in [-0.25, -0.2) is 9.18 Å². The molecule has 0 aliphatic heterocycles. The number of H-pyrrole nitrogens is 1. The number of methoxy groups -OCH3 is 1. The Morgan fingerprint density at radius 3 is 2.72 bits per heavy atom. The number of pyridine rings is 1. The molecule has 18 heavy (non-hydrogen) atoms. The Kier molecular flexibility index (Phi) is 3.21. The molecule has 1 N–H and O–H groups in total. The number of benzene rings is 1. The minimum absolute atomic E-state index is 0.000164. The topological polar surface area (TPSA) is 59.2 Å². The summed E-state index contributed by atoms with van der Waals surface area (Å²) in [5.41, 5.74) is 0.385. The van der Waals surface area contributed by atoms with Gasteiger partial charge in [-0.15, -0.1) is 0 Å². The first kappa shape index (κ1) is 12.8. The minimum Gasteiger partial charge on any atom is -0.464 e. The van der Waals surface area contributed by atoms with Gasteiger partial charge < -0.3 is 9.72 Å². The zero-order chi connectivity index (χ0) is 13.4. The van der Waals surface area contributed by atoms with E-state index >= 15 is 0 Å². The fourth-order valence-electron chi connectivity index (χ4n) is 1.74. The van der Waals surface area contributed by atoms with Gasteiger partial charge in [-0.3, -0.25) is 4.79 Å². The highest BCUT2D eigenvalue weighted by atomic mass is 79.9. The van der Waals surface area contributed by atoms with Crippen LogP contribution in [-0.2, 0) is 4.74 Å². The number of rotatable bonds is 1. The van der Waals surface area contributed by atoms with Crippen LogP contribution in [0.5, 0.6) is 0 Å². The lowest BCUT2D eigenvalue weighted by atomic mass is 10.1. The molecule has 1 aromatic carbocycles. The lowest BCUT2D eigenvalue weighted by molar-refractivity contribution is 0.0594. The summed E-state index contributed by atoms with van der Waals surface area (Å²) in [4.78, 5) is 26.0. The molecule has 0 aliphatic carbocycles. The van der Waals surface area contributed by atoms with E-state index in [1.54, 1.807) is 6.92 Å². The molecule has 1 aromatic heterocycles. The van der Waals surface area contributed by atoms with Crippen molar-refractivity contribution in [1.29, 1.82) is 0 Å². The average Bonchev–Trinajstić information content (AvgIpc) is 2.34. The van der Waals surface area contributed by atoms with Crippen LogP contribution in [0, 0.1) is 12.7 Å². The monoisotopic (exact) mass is 313 g/mol. The maximum Gasteiger partial charge on any atom is 0.354 e. The van der Waals surface area contributed by atoms with Crippen LogP contribution in [0.15, 0.2) is 21.4 Å². The molecule has 0 unspecified atom stereocenters. The molecule has 2 rings (SSSR count). The fraction of sp³-hybridized carbons (Fsp3) is 0.167. The van der Waals surface area contributed by atoms with E-state index in [0.29, 0.717) is 11.1 Å². The Labute approximate surface area is 110 Å². The number of fused-ring (bicyclic) bond motifs is 1. The number of aromatic nitrogens is 1. The molecule has 1 heterocycles. The number of ether oxygens (including phenoxy) is 1. The summed E-state index contributed by atoms with van der Waals surface area (Å²) < 4.78 is 18.6. The number of aryl methyl sites for hydroxylation is 1. The first-order valence-electron chi connectivity index (χ1n) is 5.05. The highest BCUT2D eigenvalue weighted by Gasteiger charge is 2.16. The third kappa shape index (κ3) is 1.92. The van der Waals surface area contributed by atoms with Crippen LogP contribution in [0.4, 0.5) is 4.39 Å². The number of carbonyl (C=O) groups excluding carboxylic acids is 1. The van der Waals surface area contributed by atoms with Gasteiger partial charge in [-0.2, -0.15) is 0 Å². The zero-order valence-electron chi connectivity index (χ0n) is 9.64. The molecule has 0 radical (unpaired) electrons. The Bertz CT molecular complexity index is 709. The van der Waals surface area contributed by atoms with E-state index in [-0.39, 0.29) is 15.6 Å². The van der Waals surface area contributed by atoms with Crippen molar-refractivity contribution in [3.63, 3.8) is 0 Å². The van der Waals surface area contributed by atoms with E-state index in [9.17, 15) is 14.0 Å². The molecule has 0 saturated carbocycles. The smallest absolute Gasteiger partial charge is 0.354 e. The summed E-state index contributed by atoms with van der Waals surface area (Å²) in [6, 6.07) is 2.57. The van der Waals surface area contributed by atoms with E-state index < -0.39 is 17.2 Å². The normalized spacial score (nSPS) is 10.7. The molecule has 0 spiro atoms. The maximum absolute atomic E-state index is 13.9. The van der Waals surface area contributed by atoms with Gasteiger partial charge in [-0.05, 0) is 34.5 Å². The first-order chi connectivity index (χ1) is 8.45. The van der Waals surface area contributed by atoms with E-state index in [2.05, 4.69) is 25.7 Å². The van der Waals surface area contributed by atoms with Gasteiger partial charge in [-0.1, -0.05) is 0 Å². The van der Waals surface area contributed by atoms with Crippen molar-refractivity contribution in [1.82, 2.24) is 4.98 Å². The minimum atomic E-state index is -0.670. The lowest BCUT2D eigenvalue weighted by Crippen LogP contribution is -2.13. The summed E-state index contributed by atoms with van der Waals surface area (Å²) in [6.45, 7) is 1.71. The van der Waals surface area contributed by atoms with Gasteiger partial charge in [0.1, 0.15) is 5.69 Å². The first-order valence-corrected chi connectivity index (χ1v) is 5.85. The Morgan fingerprint density at radius 2 is 2.11 bits per heavy atom. The Hall–Kier alpha value is -1.69. The second-order valence-corrected chi connectivity index (χ2v) is 4.63. The molecular weight excluding hydrogens is 305 g/mol. The van der Waals surface area contributed by atoms with Gasteiger partial charge in [0.25, 0.3) is 0 Å². The molecule has 94 valence electrons. The quantitative estimate of drug-likeness (QED) is 0.823. The number of halogens is 2. The predicted molar refractivity (Wildman–Crippen MR) is 68.3 cm³/mol. The largest absolute Gasteiger partial charge is 0.464 e. The van der Waals surface area contributed by atoms with Crippen LogP contribution in [0.25, 0.3) is 10.9 Å². The number of hydrogen-bond acceptors (Lipinski definition) is 3. The lowest BCUT2D eigenvalue weighted by Gasteiger charge is -2.07. The molecular formula is C12H9BrFNO3. The molecule has 0 bridgehead atoms. The predicted octanol–water partition coefficient (Wildman–Crippen LogP) is 2.52. The second-order valence-electron chi connectivity index (χ2n) is 3.78. The Balaban J connectivity index is 2.91. The van der Waals surface area contributed by atoms with Crippen LogP contribution in [-0.4, -0.2) is 18.1 Å². The average molecular weight is 314 g/mol. The highest BCUT2D eigenvalue weighted by Crippen LogP contribution is 2.25. The van der Waals surface area contributed by atoms with E-state index in [1.165, 1.54) is 13.2 Å². The van der Waals surface area contributed by atoms with Gasteiger partial charge in [0.05, 0.1) is 22.5 Å². The standard InChI is InChI=1S/C12H9BrFNO3/c1-5-3-6(13)10(14)9-8(16)4-7(12(17)18-2)15-11(5)9/h3-4H,1-2H3,(H,15,16). The van der Waals surface area contributed by atoms with Gasteiger partial charge >= 0.3 is 5.97 Å². The molecule has 0 fully saturated rings. The van der Waals surface area contributed by atoms with Crippen LogP contribution in [0.3, 0.4) is 0 Å². The molecule has 0 atom stereocenters. The number of carbonyl (C=O) groups is 1. The van der Waals surface area contributed by atoms with Crippen LogP contribution in [0.1, 0.15) is 16.1 Å². The van der Waals surface area contributed by atoms with Gasteiger partial charge in [0, 0.05) is 6.07 Å². The van der Waals surface area contributed by atoms with Gasteiger partial charge in [0.15, 0.2) is 11.2 Å². The third-order valence-electron chi connectivity index (χ3n) is 2.60. The van der Waals surface area contributed by atoms with E-state index in [1.807, 2.05) is 0 Å². The van der Waals surface area contributed by atoms with Crippen molar-refractivity contribution in [3.05, 3.63) is 43.9 Å². The van der Waals surface area contributed by atoms with Crippen LogP contribution < -0.4 is 5.43 Å². The molecule has 0 aliphatic rings. The molecule has 0 amide bonds.